The van der Waals surface area contributed by atoms with E-state index in [4.69, 9.17) is 4.74 Å². The molecule has 1 N–H and O–H groups in total. The van der Waals surface area contributed by atoms with Gasteiger partial charge in [-0.25, -0.2) is 0 Å². The van der Waals surface area contributed by atoms with Crippen molar-refractivity contribution in [2.24, 2.45) is 0 Å². The molecule has 0 aliphatic carbocycles. The summed E-state index contributed by atoms with van der Waals surface area (Å²) >= 11 is 1.76. The van der Waals surface area contributed by atoms with E-state index in [1.165, 1.54) is 11.1 Å². The van der Waals surface area contributed by atoms with Crippen LogP contribution in [0.25, 0.3) is 0 Å². The molecule has 3 heteroatoms. The molecule has 20 heavy (non-hydrogen) atoms. The van der Waals surface area contributed by atoms with Gasteiger partial charge < -0.3 is 10.1 Å². The topological polar surface area (TPSA) is 21.3 Å². The lowest BCUT2D eigenvalue weighted by molar-refractivity contribution is 0.316. The van der Waals surface area contributed by atoms with Gasteiger partial charge in [0.1, 0.15) is 5.75 Å². The maximum absolute atomic E-state index is 5.73. The highest BCUT2D eigenvalue weighted by Gasteiger charge is 2.12. The summed E-state index contributed by atoms with van der Waals surface area (Å²) in [7, 11) is 0. The molecule has 2 aromatic rings. The fourth-order valence-corrected chi connectivity index (χ4v) is 2.92. The maximum atomic E-state index is 5.73. The zero-order valence-corrected chi connectivity index (χ0v) is 13.1. The standard InChI is InChI=1S/C17H23NOS/c1-3-9-19-16-7-5-6-15(12-16)17(18-4-2)11-14-8-10-20-13-14/h5-8,10,12-13,17-18H,3-4,9,11H2,1-2H3. The molecule has 1 unspecified atom stereocenters. The summed E-state index contributed by atoms with van der Waals surface area (Å²) < 4.78 is 5.73. The molecule has 1 aromatic carbocycles. The lowest BCUT2D eigenvalue weighted by Gasteiger charge is -2.19. The molecular formula is C17H23NOS. The van der Waals surface area contributed by atoms with Gasteiger partial charge in [-0.1, -0.05) is 26.0 Å². The third-order valence-electron chi connectivity index (χ3n) is 3.20. The molecule has 0 bridgehead atoms. The van der Waals surface area contributed by atoms with E-state index in [9.17, 15) is 0 Å². The van der Waals surface area contributed by atoms with Crippen molar-refractivity contribution in [2.45, 2.75) is 32.7 Å². The van der Waals surface area contributed by atoms with Crippen LogP contribution < -0.4 is 10.1 Å². The molecule has 1 atom stereocenters. The number of likely N-dealkylation sites (N-methyl/N-ethyl adjacent to an activating group) is 1. The number of ether oxygens (including phenoxy) is 1. The first-order valence-electron chi connectivity index (χ1n) is 7.30. The van der Waals surface area contributed by atoms with Crippen LogP contribution in [-0.4, -0.2) is 13.2 Å². The molecule has 1 aromatic heterocycles. The second-order valence-corrected chi connectivity index (χ2v) is 5.65. The van der Waals surface area contributed by atoms with Crippen LogP contribution in [0.4, 0.5) is 0 Å². The van der Waals surface area contributed by atoms with Crippen LogP contribution in [-0.2, 0) is 6.42 Å². The predicted octanol–water partition coefficient (Wildman–Crippen LogP) is 4.43. The summed E-state index contributed by atoms with van der Waals surface area (Å²) in [6, 6.07) is 11.0. The Kier molecular flexibility index (Phi) is 6.09. The van der Waals surface area contributed by atoms with E-state index >= 15 is 0 Å². The van der Waals surface area contributed by atoms with E-state index in [1.807, 2.05) is 6.07 Å². The number of thiophene rings is 1. The van der Waals surface area contributed by atoms with Crippen LogP contribution in [0.5, 0.6) is 5.75 Å². The average molecular weight is 289 g/mol. The second kappa shape index (κ2) is 8.08. The summed E-state index contributed by atoms with van der Waals surface area (Å²) in [6.07, 6.45) is 2.06. The molecular weight excluding hydrogens is 266 g/mol. The van der Waals surface area contributed by atoms with Crippen LogP contribution in [0.15, 0.2) is 41.1 Å². The lowest BCUT2D eigenvalue weighted by Crippen LogP contribution is -2.22. The first kappa shape index (κ1) is 15.1. The Morgan fingerprint density at radius 1 is 1.25 bits per heavy atom. The molecule has 0 spiro atoms. The molecule has 2 nitrogen and oxygen atoms in total. The lowest BCUT2D eigenvalue weighted by atomic mass is 10.0. The van der Waals surface area contributed by atoms with Gasteiger partial charge in [0.25, 0.3) is 0 Å². The van der Waals surface area contributed by atoms with Crippen molar-refractivity contribution in [3.8, 4) is 5.75 Å². The Hall–Kier alpha value is -1.32. The van der Waals surface area contributed by atoms with Crippen LogP contribution in [0.2, 0.25) is 0 Å². The summed E-state index contributed by atoms with van der Waals surface area (Å²) in [4.78, 5) is 0. The van der Waals surface area contributed by atoms with E-state index < -0.39 is 0 Å². The normalized spacial score (nSPS) is 12.3. The largest absolute Gasteiger partial charge is 0.494 e. The van der Waals surface area contributed by atoms with Crippen LogP contribution in [0.3, 0.4) is 0 Å². The fourth-order valence-electron chi connectivity index (χ4n) is 2.24. The Labute approximate surface area is 125 Å². The van der Waals surface area contributed by atoms with Gasteiger partial charge >= 0.3 is 0 Å². The van der Waals surface area contributed by atoms with E-state index in [0.29, 0.717) is 6.04 Å². The van der Waals surface area contributed by atoms with E-state index in [1.54, 1.807) is 11.3 Å². The van der Waals surface area contributed by atoms with Gasteiger partial charge in [0, 0.05) is 6.04 Å². The van der Waals surface area contributed by atoms with Gasteiger partial charge in [-0.3, -0.25) is 0 Å². The minimum atomic E-state index is 0.347. The van der Waals surface area contributed by atoms with Crippen LogP contribution in [0, 0.1) is 0 Å². The molecule has 0 amide bonds. The van der Waals surface area contributed by atoms with Gasteiger partial charge in [-0.2, -0.15) is 11.3 Å². The zero-order valence-electron chi connectivity index (χ0n) is 12.3. The zero-order chi connectivity index (χ0) is 14.2. The molecule has 0 aliphatic heterocycles. The molecule has 0 saturated carbocycles. The Balaban J connectivity index is 2.11. The Morgan fingerprint density at radius 3 is 2.85 bits per heavy atom. The molecule has 2 rings (SSSR count). The van der Waals surface area contributed by atoms with Crippen molar-refractivity contribution in [2.75, 3.05) is 13.2 Å². The minimum absolute atomic E-state index is 0.347. The van der Waals surface area contributed by atoms with Crippen molar-refractivity contribution < 1.29 is 4.74 Å². The number of hydrogen-bond donors (Lipinski definition) is 1. The highest BCUT2D eigenvalue weighted by atomic mass is 32.1. The summed E-state index contributed by atoms with van der Waals surface area (Å²) in [6.45, 7) is 6.02. The summed E-state index contributed by atoms with van der Waals surface area (Å²) in [5.74, 6) is 0.970. The first-order valence-corrected chi connectivity index (χ1v) is 8.25. The molecule has 0 fully saturated rings. The fraction of sp³-hybridized carbons (Fsp3) is 0.412. The number of rotatable bonds is 8. The van der Waals surface area contributed by atoms with Gasteiger partial charge in [-0.15, -0.1) is 0 Å². The van der Waals surface area contributed by atoms with E-state index in [-0.39, 0.29) is 0 Å². The summed E-state index contributed by atoms with van der Waals surface area (Å²) in [5.41, 5.74) is 2.69. The quantitative estimate of drug-likeness (QED) is 0.776. The monoisotopic (exact) mass is 289 g/mol. The van der Waals surface area contributed by atoms with Gasteiger partial charge in [-0.05, 0) is 59.5 Å². The Bertz CT molecular complexity index is 495. The minimum Gasteiger partial charge on any atom is -0.494 e. The van der Waals surface area contributed by atoms with Gasteiger partial charge in [0.2, 0.25) is 0 Å². The number of nitrogens with one attached hydrogen (secondary N) is 1. The van der Waals surface area contributed by atoms with Crippen LogP contribution >= 0.6 is 11.3 Å². The first-order chi connectivity index (χ1) is 9.83. The van der Waals surface area contributed by atoms with Crippen molar-refractivity contribution >= 4 is 11.3 Å². The second-order valence-electron chi connectivity index (χ2n) is 4.87. The van der Waals surface area contributed by atoms with Crippen LogP contribution in [0.1, 0.15) is 37.4 Å². The highest BCUT2D eigenvalue weighted by Crippen LogP contribution is 2.23. The predicted molar refractivity (Wildman–Crippen MR) is 86.7 cm³/mol. The SMILES string of the molecule is CCCOc1cccc(C(Cc2ccsc2)NCC)c1. The number of benzene rings is 1. The highest BCUT2D eigenvalue weighted by molar-refractivity contribution is 7.07. The molecule has 1 heterocycles. The van der Waals surface area contributed by atoms with Crippen molar-refractivity contribution in [1.82, 2.24) is 5.32 Å². The van der Waals surface area contributed by atoms with Crippen molar-refractivity contribution in [3.63, 3.8) is 0 Å². The van der Waals surface area contributed by atoms with Crippen molar-refractivity contribution in [3.05, 3.63) is 52.2 Å². The maximum Gasteiger partial charge on any atom is 0.119 e. The molecule has 0 radical (unpaired) electrons. The molecule has 108 valence electrons. The molecule has 0 aliphatic rings. The average Bonchev–Trinajstić information content (AvgIpc) is 2.98. The van der Waals surface area contributed by atoms with Gasteiger partial charge in [0.15, 0.2) is 0 Å². The third kappa shape index (κ3) is 4.36. The summed E-state index contributed by atoms with van der Waals surface area (Å²) in [5, 5.41) is 7.93. The molecule has 0 saturated heterocycles. The van der Waals surface area contributed by atoms with E-state index in [2.05, 4.69) is 54.2 Å². The van der Waals surface area contributed by atoms with Gasteiger partial charge in [0.05, 0.1) is 6.61 Å². The van der Waals surface area contributed by atoms with Crippen molar-refractivity contribution in [1.29, 1.82) is 0 Å². The number of hydrogen-bond acceptors (Lipinski definition) is 3. The third-order valence-corrected chi connectivity index (χ3v) is 3.94. The van der Waals surface area contributed by atoms with E-state index in [0.717, 1.165) is 31.7 Å². The smallest absolute Gasteiger partial charge is 0.119 e. The Morgan fingerprint density at radius 2 is 2.15 bits per heavy atom.